The molecule has 0 aliphatic heterocycles. The predicted octanol–water partition coefficient (Wildman–Crippen LogP) is 4.15. The number of rotatable bonds is 5. The van der Waals surface area contributed by atoms with Crippen LogP contribution in [0.1, 0.15) is 23.1 Å². The minimum Gasteiger partial charge on any atom is -0.345 e. The number of aryl methyl sites for hydroxylation is 1. The smallest absolute Gasteiger partial charge is 0.268 e. The molecule has 0 fully saturated rings. The van der Waals surface area contributed by atoms with E-state index >= 15 is 0 Å². The number of nitrogens with zero attached hydrogens (tertiary/aromatic N) is 2. The average molecular weight is 340 g/mol. The van der Waals surface area contributed by atoms with Gasteiger partial charge in [-0.05, 0) is 42.8 Å². The third kappa shape index (κ3) is 3.66. The average Bonchev–Trinajstić information content (AvgIpc) is 3.05. The molecule has 4 nitrogen and oxygen atoms in total. The van der Waals surface area contributed by atoms with Crippen molar-refractivity contribution in [3.63, 3.8) is 0 Å². The molecule has 0 aliphatic rings. The van der Waals surface area contributed by atoms with Gasteiger partial charge in [-0.15, -0.1) is 0 Å². The summed E-state index contributed by atoms with van der Waals surface area (Å²) >= 11 is 5.94. The number of hydrogen-bond acceptors (Lipinski definition) is 2. The molecule has 1 N–H and O–H groups in total. The van der Waals surface area contributed by atoms with Crippen molar-refractivity contribution in [3.8, 4) is 11.1 Å². The van der Waals surface area contributed by atoms with E-state index in [1.54, 1.807) is 6.20 Å². The molecule has 122 valence electrons. The summed E-state index contributed by atoms with van der Waals surface area (Å²) < 4.78 is 1.94. The molecule has 0 spiro atoms. The molecular weight excluding hydrogens is 322 g/mol. The number of pyridine rings is 1. The van der Waals surface area contributed by atoms with Gasteiger partial charge in [-0.3, -0.25) is 9.78 Å². The molecule has 1 aromatic carbocycles. The molecule has 0 radical (unpaired) electrons. The highest BCUT2D eigenvalue weighted by Crippen LogP contribution is 2.24. The van der Waals surface area contributed by atoms with E-state index in [9.17, 15) is 4.79 Å². The van der Waals surface area contributed by atoms with Gasteiger partial charge in [0.1, 0.15) is 5.69 Å². The minimum atomic E-state index is -0.109. The fourth-order valence-electron chi connectivity index (χ4n) is 2.53. The molecule has 3 aromatic rings. The zero-order chi connectivity index (χ0) is 16.9. The van der Waals surface area contributed by atoms with E-state index in [1.807, 2.05) is 66.2 Å². The molecule has 2 heterocycles. The Labute approximate surface area is 146 Å². The highest BCUT2D eigenvalue weighted by molar-refractivity contribution is 6.30. The molecular formula is C19H18ClN3O. The van der Waals surface area contributed by atoms with Gasteiger partial charge < -0.3 is 9.88 Å². The molecule has 5 heteroatoms. The topological polar surface area (TPSA) is 46.9 Å². The van der Waals surface area contributed by atoms with Crippen LogP contribution in [-0.4, -0.2) is 15.5 Å². The molecule has 0 saturated carbocycles. The van der Waals surface area contributed by atoms with Crippen LogP contribution >= 0.6 is 11.6 Å². The highest BCUT2D eigenvalue weighted by atomic mass is 35.5. The van der Waals surface area contributed by atoms with Crippen LogP contribution in [0.3, 0.4) is 0 Å². The van der Waals surface area contributed by atoms with Crippen LogP contribution in [0.15, 0.2) is 60.9 Å². The van der Waals surface area contributed by atoms with Crippen molar-refractivity contribution >= 4 is 17.5 Å². The summed E-state index contributed by atoms with van der Waals surface area (Å²) in [4.78, 5) is 16.7. The van der Waals surface area contributed by atoms with E-state index < -0.39 is 0 Å². The number of aromatic nitrogens is 2. The lowest BCUT2D eigenvalue weighted by atomic mass is 10.1. The molecule has 3 rings (SSSR count). The molecule has 2 aromatic heterocycles. The Bertz CT molecular complexity index is 826. The van der Waals surface area contributed by atoms with Crippen LogP contribution in [0.4, 0.5) is 0 Å². The predicted molar refractivity (Wildman–Crippen MR) is 96.0 cm³/mol. The number of carbonyl (C=O) groups is 1. The third-order valence-corrected chi connectivity index (χ3v) is 4.06. The SMILES string of the molecule is CCn1cc(-c2ccc(Cl)cc2)cc1C(=O)NCc1ccccn1. The van der Waals surface area contributed by atoms with Crippen LogP contribution in [0.25, 0.3) is 11.1 Å². The van der Waals surface area contributed by atoms with Crippen molar-refractivity contribution in [1.82, 2.24) is 14.9 Å². The first-order valence-electron chi connectivity index (χ1n) is 7.81. The lowest BCUT2D eigenvalue weighted by molar-refractivity contribution is 0.0941. The third-order valence-electron chi connectivity index (χ3n) is 3.80. The molecule has 0 atom stereocenters. The van der Waals surface area contributed by atoms with Gasteiger partial charge in [0, 0.05) is 29.5 Å². The van der Waals surface area contributed by atoms with Gasteiger partial charge in [-0.2, -0.15) is 0 Å². The van der Waals surface area contributed by atoms with Crippen molar-refractivity contribution in [1.29, 1.82) is 0 Å². The maximum absolute atomic E-state index is 12.5. The summed E-state index contributed by atoms with van der Waals surface area (Å²) in [5.74, 6) is -0.109. The first-order chi connectivity index (χ1) is 11.7. The van der Waals surface area contributed by atoms with Crippen molar-refractivity contribution in [2.45, 2.75) is 20.0 Å². The van der Waals surface area contributed by atoms with Crippen LogP contribution in [0.5, 0.6) is 0 Å². The molecule has 24 heavy (non-hydrogen) atoms. The number of benzene rings is 1. The summed E-state index contributed by atoms with van der Waals surface area (Å²) in [5, 5.41) is 3.62. The Morgan fingerprint density at radius 3 is 2.62 bits per heavy atom. The van der Waals surface area contributed by atoms with Gasteiger partial charge in [0.05, 0.1) is 12.2 Å². The van der Waals surface area contributed by atoms with Crippen molar-refractivity contribution < 1.29 is 4.79 Å². The van der Waals surface area contributed by atoms with E-state index in [4.69, 9.17) is 11.6 Å². The van der Waals surface area contributed by atoms with E-state index in [2.05, 4.69) is 10.3 Å². The van der Waals surface area contributed by atoms with Gasteiger partial charge in [0.15, 0.2) is 0 Å². The van der Waals surface area contributed by atoms with Gasteiger partial charge >= 0.3 is 0 Å². The maximum Gasteiger partial charge on any atom is 0.268 e. The molecule has 0 unspecified atom stereocenters. The normalized spacial score (nSPS) is 10.6. The van der Waals surface area contributed by atoms with E-state index in [1.165, 1.54) is 0 Å². The van der Waals surface area contributed by atoms with Gasteiger partial charge in [-0.25, -0.2) is 0 Å². The fourth-order valence-corrected chi connectivity index (χ4v) is 2.65. The Kier molecular flexibility index (Phi) is 4.96. The second kappa shape index (κ2) is 7.32. The zero-order valence-electron chi connectivity index (χ0n) is 13.4. The second-order valence-electron chi connectivity index (χ2n) is 5.41. The van der Waals surface area contributed by atoms with Gasteiger partial charge in [0.2, 0.25) is 0 Å². The van der Waals surface area contributed by atoms with Gasteiger partial charge in [0.25, 0.3) is 5.91 Å². The second-order valence-corrected chi connectivity index (χ2v) is 5.85. The van der Waals surface area contributed by atoms with Gasteiger partial charge in [-0.1, -0.05) is 29.8 Å². The van der Waals surface area contributed by atoms with Crippen molar-refractivity contribution in [2.75, 3.05) is 0 Å². The Hall–Kier alpha value is -2.59. The van der Waals surface area contributed by atoms with Crippen LogP contribution in [0, 0.1) is 0 Å². The van der Waals surface area contributed by atoms with E-state index in [-0.39, 0.29) is 5.91 Å². The number of halogens is 1. The van der Waals surface area contributed by atoms with E-state index in [0.29, 0.717) is 17.3 Å². The summed E-state index contributed by atoms with van der Waals surface area (Å²) in [5.41, 5.74) is 3.50. The van der Waals surface area contributed by atoms with Crippen LogP contribution < -0.4 is 5.32 Å². The standard InChI is InChI=1S/C19H18ClN3O/c1-2-23-13-15(14-6-8-16(20)9-7-14)11-18(23)19(24)22-12-17-5-3-4-10-21-17/h3-11,13H,2,12H2,1H3,(H,22,24). The number of amides is 1. The largest absolute Gasteiger partial charge is 0.345 e. The number of hydrogen-bond donors (Lipinski definition) is 1. The monoisotopic (exact) mass is 339 g/mol. The molecule has 0 saturated heterocycles. The Balaban J connectivity index is 1.79. The van der Waals surface area contributed by atoms with Crippen molar-refractivity contribution in [3.05, 3.63) is 77.3 Å². The maximum atomic E-state index is 12.5. The quantitative estimate of drug-likeness (QED) is 0.759. The van der Waals surface area contributed by atoms with Crippen LogP contribution in [0.2, 0.25) is 5.02 Å². The molecule has 0 bridgehead atoms. The minimum absolute atomic E-state index is 0.109. The zero-order valence-corrected chi connectivity index (χ0v) is 14.1. The first-order valence-corrected chi connectivity index (χ1v) is 8.19. The lowest BCUT2D eigenvalue weighted by Gasteiger charge is -2.07. The summed E-state index contributed by atoms with van der Waals surface area (Å²) in [6.45, 7) is 3.14. The Morgan fingerprint density at radius 1 is 1.17 bits per heavy atom. The number of nitrogens with one attached hydrogen (secondary N) is 1. The molecule has 0 aliphatic carbocycles. The van der Waals surface area contributed by atoms with Crippen LogP contribution in [-0.2, 0) is 13.1 Å². The Morgan fingerprint density at radius 2 is 1.96 bits per heavy atom. The summed E-state index contributed by atoms with van der Waals surface area (Å²) in [7, 11) is 0. The fraction of sp³-hybridized carbons (Fsp3) is 0.158. The first kappa shape index (κ1) is 16.3. The summed E-state index contributed by atoms with van der Waals surface area (Å²) in [6, 6.07) is 15.1. The highest BCUT2D eigenvalue weighted by Gasteiger charge is 2.14. The van der Waals surface area contributed by atoms with Crippen molar-refractivity contribution in [2.24, 2.45) is 0 Å². The summed E-state index contributed by atoms with van der Waals surface area (Å²) in [6.07, 6.45) is 3.70. The number of carbonyl (C=O) groups excluding carboxylic acids is 1. The molecule has 1 amide bonds. The lowest BCUT2D eigenvalue weighted by Crippen LogP contribution is -2.25. The van der Waals surface area contributed by atoms with E-state index in [0.717, 1.165) is 23.4 Å².